The number of pyridine rings is 1. The lowest BCUT2D eigenvalue weighted by molar-refractivity contribution is -0.137. The van der Waals surface area contributed by atoms with E-state index in [1.165, 1.54) is 7.11 Å². The van der Waals surface area contributed by atoms with Crippen LogP contribution in [0.5, 0.6) is 5.75 Å². The molecule has 0 unspecified atom stereocenters. The maximum atomic E-state index is 12.8. The summed E-state index contributed by atoms with van der Waals surface area (Å²) in [5.41, 5.74) is -0.733. The van der Waals surface area contributed by atoms with Gasteiger partial charge in [-0.05, 0) is 24.3 Å². The molecular formula is C13H8Cl3F3N2O. The third-order valence-electron chi connectivity index (χ3n) is 2.67. The van der Waals surface area contributed by atoms with Crippen molar-refractivity contribution in [1.29, 1.82) is 0 Å². The summed E-state index contributed by atoms with van der Waals surface area (Å²) < 4.78 is 43.5. The minimum atomic E-state index is -4.75. The van der Waals surface area contributed by atoms with Gasteiger partial charge in [-0.2, -0.15) is 13.2 Å². The van der Waals surface area contributed by atoms with Gasteiger partial charge >= 0.3 is 6.18 Å². The smallest absolute Gasteiger partial charge is 0.420 e. The van der Waals surface area contributed by atoms with Crippen LogP contribution < -0.4 is 10.1 Å². The van der Waals surface area contributed by atoms with E-state index in [1.54, 1.807) is 24.3 Å². The molecule has 1 N–H and O–H groups in total. The second-order valence-electron chi connectivity index (χ2n) is 4.11. The number of benzene rings is 1. The van der Waals surface area contributed by atoms with Crippen molar-refractivity contribution < 1.29 is 17.9 Å². The van der Waals surface area contributed by atoms with Crippen LogP contribution in [0.25, 0.3) is 0 Å². The number of halogens is 6. The molecule has 1 heterocycles. The molecule has 0 bridgehead atoms. The number of anilines is 2. The predicted molar refractivity (Wildman–Crippen MR) is 80.5 cm³/mol. The summed E-state index contributed by atoms with van der Waals surface area (Å²) in [5.74, 6) is 0.544. The van der Waals surface area contributed by atoms with Gasteiger partial charge in [0.2, 0.25) is 0 Å². The summed E-state index contributed by atoms with van der Waals surface area (Å²) in [6.07, 6.45) is -4.75. The highest BCUT2D eigenvalue weighted by atomic mass is 35.5. The van der Waals surface area contributed by atoms with Gasteiger partial charge in [-0.1, -0.05) is 34.8 Å². The highest BCUT2D eigenvalue weighted by Gasteiger charge is 2.38. The third-order valence-corrected chi connectivity index (χ3v) is 3.79. The Kier molecular flexibility index (Phi) is 4.94. The maximum absolute atomic E-state index is 12.8. The van der Waals surface area contributed by atoms with Gasteiger partial charge in [0.15, 0.2) is 5.82 Å². The number of aromatic nitrogens is 1. The predicted octanol–water partition coefficient (Wildman–Crippen LogP) is 5.81. The van der Waals surface area contributed by atoms with Crippen LogP contribution in [0.3, 0.4) is 0 Å². The first kappa shape index (κ1) is 17.0. The number of alkyl halides is 3. The molecule has 0 aliphatic carbocycles. The van der Waals surface area contributed by atoms with E-state index in [0.717, 1.165) is 0 Å². The van der Waals surface area contributed by atoms with Gasteiger partial charge in [0.05, 0.1) is 12.1 Å². The third kappa shape index (κ3) is 3.51. The zero-order chi connectivity index (χ0) is 16.5. The molecule has 3 nitrogen and oxygen atoms in total. The molecule has 2 aromatic rings. The Bertz CT molecular complexity index is 690. The molecule has 1 aromatic carbocycles. The van der Waals surface area contributed by atoms with Gasteiger partial charge in [-0.15, -0.1) is 0 Å². The molecule has 0 aliphatic heterocycles. The van der Waals surface area contributed by atoms with E-state index in [0.29, 0.717) is 11.4 Å². The summed E-state index contributed by atoms with van der Waals surface area (Å²) >= 11 is 17.1. The average Bonchev–Trinajstić information content (AvgIpc) is 2.44. The molecule has 2 rings (SSSR count). The van der Waals surface area contributed by atoms with Crippen molar-refractivity contribution in [2.45, 2.75) is 6.18 Å². The molecule has 9 heteroatoms. The number of methoxy groups -OCH3 is 1. The normalized spacial score (nSPS) is 11.4. The Balaban J connectivity index is 2.40. The first-order valence-corrected chi connectivity index (χ1v) is 6.90. The Morgan fingerprint density at radius 1 is 1.05 bits per heavy atom. The minimum absolute atomic E-state index is 0.0742. The number of hydrogen-bond donors (Lipinski definition) is 1. The summed E-state index contributed by atoms with van der Waals surface area (Å²) in [6, 6.07) is 6.58. The average molecular weight is 372 g/mol. The van der Waals surface area contributed by atoms with E-state index in [2.05, 4.69) is 10.3 Å². The highest BCUT2D eigenvalue weighted by Crippen LogP contribution is 2.44. The number of nitrogens with zero attached hydrogens (tertiary/aromatic N) is 1. The zero-order valence-electron chi connectivity index (χ0n) is 10.9. The van der Waals surface area contributed by atoms with Gasteiger partial charge in [-0.3, -0.25) is 0 Å². The molecular weight excluding hydrogens is 364 g/mol. The summed E-state index contributed by atoms with van der Waals surface area (Å²) in [7, 11) is 1.51. The van der Waals surface area contributed by atoms with Crippen molar-refractivity contribution >= 4 is 46.3 Å². The zero-order valence-corrected chi connectivity index (χ0v) is 13.2. The van der Waals surface area contributed by atoms with E-state index in [1.807, 2.05) is 0 Å². The number of rotatable bonds is 3. The maximum Gasteiger partial charge on any atom is 0.420 e. The summed E-state index contributed by atoms with van der Waals surface area (Å²) in [6.45, 7) is 0. The lowest BCUT2D eigenvalue weighted by Crippen LogP contribution is -2.10. The molecule has 0 spiro atoms. The second kappa shape index (κ2) is 6.40. The van der Waals surface area contributed by atoms with E-state index in [9.17, 15) is 13.2 Å². The van der Waals surface area contributed by atoms with Crippen LogP contribution in [0, 0.1) is 0 Å². The van der Waals surface area contributed by atoms with Crippen LogP contribution in [0.1, 0.15) is 5.56 Å². The lowest BCUT2D eigenvalue weighted by Gasteiger charge is -2.15. The Labute approximate surface area is 139 Å². The van der Waals surface area contributed by atoms with Crippen molar-refractivity contribution in [3.8, 4) is 5.75 Å². The van der Waals surface area contributed by atoms with Crippen molar-refractivity contribution in [2.24, 2.45) is 0 Å². The quantitative estimate of drug-likeness (QED) is 0.691. The number of ether oxygens (including phenoxy) is 1. The molecule has 0 amide bonds. The largest absolute Gasteiger partial charge is 0.497 e. The van der Waals surface area contributed by atoms with E-state index >= 15 is 0 Å². The summed E-state index contributed by atoms with van der Waals surface area (Å²) in [4.78, 5) is 3.62. The Morgan fingerprint density at radius 2 is 1.64 bits per heavy atom. The van der Waals surface area contributed by atoms with Crippen LogP contribution in [-0.4, -0.2) is 12.1 Å². The first-order valence-electron chi connectivity index (χ1n) is 5.76. The molecule has 0 fully saturated rings. The van der Waals surface area contributed by atoms with Crippen molar-refractivity contribution in [3.63, 3.8) is 0 Å². The fourth-order valence-corrected chi connectivity index (χ4v) is 2.45. The van der Waals surface area contributed by atoms with Gasteiger partial charge in [-0.25, -0.2) is 4.98 Å². The molecule has 118 valence electrons. The van der Waals surface area contributed by atoms with Gasteiger partial charge < -0.3 is 10.1 Å². The van der Waals surface area contributed by atoms with Crippen molar-refractivity contribution in [1.82, 2.24) is 4.98 Å². The number of hydrogen-bond acceptors (Lipinski definition) is 3. The first-order chi connectivity index (χ1) is 10.2. The highest BCUT2D eigenvalue weighted by molar-refractivity contribution is 6.45. The van der Waals surface area contributed by atoms with E-state index < -0.39 is 21.9 Å². The Hall–Kier alpha value is -1.37. The molecule has 0 radical (unpaired) electrons. The molecule has 1 aromatic heterocycles. The van der Waals surface area contributed by atoms with Crippen LogP contribution in [0.2, 0.25) is 15.2 Å². The van der Waals surface area contributed by atoms with E-state index in [4.69, 9.17) is 39.5 Å². The fourth-order valence-electron chi connectivity index (χ4n) is 1.64. The number of nitrogens with one attached hydrogen (secondary N) is 1. The molecule has 0 saturated carbocycles. The van der Waals surface area contributed by atoms with Crippen LogP contribution >= 0.6 is 34.8 Å². The molecule has 0 aliphatic rings. The molecule has 0 atom stereocenters. The molecule has 0 saturated heterocycles. The second-order valence-corrected chi connectivity index (χ2v) is 5.22. The molecule has 22 heavy (non-hydrogen) atoms. The van der Waals surface area contributed by atoms with E-state index in [-0.39, 0.29) is 10.8 Å². The fraction of sp³-hybridized carbons (Fsp3) is 0.154. The topological polar surface area (TPSA) is 34.1 Å². The van der Waals surface area contributed by atoms with Crippen LogP contribution in [0.15, 0.2) is 24.3 Å². The summed E-state index contributed by atoms with van der Waals surface area (Å²) in [5, 5.41) is 0.899. The van der Waals surface area contributed by atoms with Crippen molar-refractivity contribution in [3.05, 3.63) is 45.0 Å². The van der Waals surface area contributed by atoms with Crippen molar-refractivity contribution in [2.75, 3.05) is 12.4 Å². The monoisotopic (exact) mass is 370 g/mol. The Morgan fingerprint density at radius 3 is 2.14 bits per heavy atom. The SMILES string of the molecule is COc1ccc(Nc2nc(Cl)c(C(F)(F)F)c(Cl)c2Cl)cc1. The minimum Gasteiger partial charge on any atom is -0.497 e. The van der Waals surface area contributed by atoms with Gasteiger partial charge in [0.25, 0.3) is 0 Å². The standard InChI is InChI=1S/C13H8Cl3F3N2O/c1-22-7-4-2-6(3-5-7)20-12-10(15)9(14)8(11(16)21-12)13(17,18)19/h2-5H,1H3,(H,20,21). The van der Waals surface area contributed by atoms with Crippen LogP contribution in [-0.2, 0) is 6.18 Å². The lowest BCUT2D eigenvalue weighted by atomic mass is 10.2. The van der Waals surface area contributed by atoms with Gasteiger partial charge in [0.1, 0.15) is 21.5 Å². The van der Waals surface area contributed by atoms with Crippen LogP contribution in [0.4, 0.5) is 24.7 Å². The van der Waals surface area contributed by atoms with Gasteiger partial charge in [0, 0.05) is 5.69 Å².